The molecule has 2 aromatic carbocycles. The van der Waals surface area contributed by atoms with Crippen molar-refractivity contribution in [3.8, 4) is 10.6 Å². The third-order valence-corrected chi connectivity index (χ3v) is 6.92. The molecule has 0 saturated heterocycles. The first-order chi connectivity index (χ1) is 14.2. The van der Waals surface area contributed by atoms with Gasteiger partial charge in [-0.05, 0) is 53.9 Å². The molecule has 0 saturated carbocycles. The maximum Gasteiger partial charge on any atom is 0.206 e. The zero-order valence-electron chi connectivity index (χ0n) is 15.8. The highest BCUT2D eigenvalue weighted by Crippen LogP contribution is 2.30. The van der Waals surface area contributed by atoms with Gasteiger partial charge in [-0.2, -0.15) is 5.10 Å². The Hall–Kier alpha value is -2.81. The Kier molecular flexibility index (Phi) is 4.75. The van der Waals surface area contributed by atoms with Crippen molar-refractivity contribution in [3.05, 3.63) is 59.1 Å². The lowest BCUT2D eigenvalue weighted by atomic mass is 10.1. The van der Waals surface area contributed by atoms with Crippen LogP contribution in [0.3, 0.4) is 0 Å². The van der Waals surface area contributed by atoms with Crippen LogP contribution in [0, 0.1) is 6.92 Å². The average molecular weight is 421 g/mol. The molecule has 0 amide bonds. The summed E-state index contributed by atoms with van der Waals surface area (Å²) in [5.41, 5.74) is 10.7. The number of aromatic nitrogens is 4. The molecular formula is C21H20N6S2. The van der Waals surface area contributed by atoms with E-state index >= 15 is 0 Å². The van der Waals surface area contributed by atoms with E-state index in [9.17, 15) is 0 Å². The van der Waals surface area contributed by atoms with E-state index in [4.69, 9.17) is 5.73 Å². The molecule has 146 valence electrons. The van der Waals surface area contributed by atoms with Gasteiger partial charge in [-0.1, -0.05) is 29.5 Å². The quantitative estimate of drug-likeness (QED) is 0.374. The van der Waals surface area contributed by atoms with Crippen molar-refractivity contribution in [2.75, 3.05) is 11.9 Å². The lowest BCUT2D eigenvalue weighted by Gasteiger charge is -2.11. The summed E-state index contributed by atoms with van der Waals surface area (Å²) in [5.74, 6) is 0. The van der Waals surface area contributed by atoms with Crippen molar-refractivity contribution in [2.24, 2.45) is 5.73 Å². The van der Waals surface area contributed by atoms with Crippen molar-refractivity contribution < 1.29 is 0 Å². The Morgan fingerprint density at radius 1 is 1.14 bits per heavy atom. The van der Waals surface area contributed by atoms with Gasteiger partial charge in [0.25, 0.3) is 0 Å². The Morgan fingerprint density at radius 3 is 2.97 bits per heavy atom. The number of rotatable bonds is 6. The topological polar surface area (TPSA) is 92.5 Å². The molecular weight excluding hydrogens is 400 g/mol. The van der Waals surface area contributed by atoms with E-state index in [1.807, 2.05) is 19.1 Å². The molecule has 3 aromatic heterocycles. The third-order valence-electron chi connectivity index (χ3n) is 4.98. The molecule has 5 aromatic rings. The van der Waals surface area contributed by atoms with Gasteiger partial charge in [0.1, 0.15) is 5.01 Å². The van der Waals surface area contributed by atoms with Crippen molar-refractivity contribution in [3.63, 3.8) is 0 Å². The summed E-state index contributed by atoms with van der Waals surface area (Å²) in [5, 5.41) is 25.5. The molecule has 0 aliphatic rings. The number of nitrogens with one attached hydrogen (secondary N) is 2. The molecule has 4 N–H and O–H groups in total. The number of nitrogens with zero attached hydrogens (tertiary/aromatic N) is 3. The zero-order chi connectivity index (χ0) is 19.8. The minimum absolute atomic E-state index is 0.00489. The van der Waals surface area contributed by atoms with E-state index in [0.717, 1.165) is 38.7 Å². The lowest BCUT2D eigenvalue weighted by molar-refractivity contribution is 0.702. The maximum absolute atomic E-state index is 6.38. The van der Waals surface area contributed by atoms with Gasteiger partial charge in [0.15, 0.2) is 0 Å². The Morgan fingerprint density at radius 2 is 2.03 bits per heavy atom. The zero-order valence-corrected chi connectivity index (χ0v) is 17.5. The second-order valence-electron chi connectivity index (χ2n) is 7.10. The van der Waals surface area contributed by atoms with Crippen molar-refractivity contribution in [2.45, 2.75) is 19.4 Å². The van der Waals surface area contributed by atoms with Gasteiger partial charge < -0.3 is 11.1 Å². The van der Waals surface area contributed by atoms with Crippen LogP contribution in [-0.4, -0.2) is 33.0 Å². The highest BCUT2D eigenvalue weighted by molar-refractivity contribution is 7.18. The van der Waals surface area contributed by atoms with Crippen LogP contribution in [0.15, 0.2) is 47.8 Å². The van der Waals surface area contributed by atoms with Gasteiger partial charge in [-0.3, -0.25) is 5.10 Å². The molecule has 0 bridgehead atoms. The average Bonchev–Trinajstić information content (AvgIpc) is 3.46. The SMILES string of the molecule is Cc1[nH]nc2ccc(-c3nnc(NC[C@H](N)Cc4csc5ccccc45)s3)cc12. The number of thiophene rings is 1. The maximum atomic E-state index is 6.38. The first kappa shape index (κ1) is 18.2. The van der Waals surface area contributed by atoms with Crippen LogP contribution in [0.2, 0.25) is 0 Å². The van der Waals surface area contributed by atoms with E-state index in [1.165, 1.54) is 27.0 Å². The molecule has 0 unspecified atom stereocenters. The number of aryl methyl sites for hydroxylation is 1. The predicted molar refractivity (Wildman–Crippen MR) is 122 cm³/mol. The van der Waals surface area contributed by atoms with Crippen molar-refractivity contribution in [1.29, 1.82) is 0 Å². The molecule has 8 heteroatoms. The fraction of sp³-hybridized carbons (Fsp3) is 0.190. The number of fused-ring (bicyclic) bond motifs is 2. The summed E-state index contributed by atoms with van der Waals surface area (Å²) >= 11 is 3.31. The molecule has 0 radical (unpaired) electrons. The first-order valence-electron chi connectivity index (χ1n) is 9.40. The van der Waals surface area contributed by atoms with E-state index in [0.29, 0.717) is 6.54 Å². The van der Waals surface area contributed by atoms with Gasteiger partial charge in [0.2, 0.25) is 5.13 Å². The van der Waals surface area contributed by atoms with Crippen molar-refractivity contribution >= 4 is 48.8 Å². The number of anilines is 1. The Labute approximate surface area is 175 Å². The van der Waals surface area contributed by atoms with E-state index in [2.05, 4.69) is 61.4 Å². The van der Waals surface area contributed by atoms with Gasteiger partial charge in [-0.25, -0.2) is 0 Å². The van der Waals surface area contributed by atoms with Gasteiger partial charge in [-0.15, -0.1) is 21.5 Å². The summed E-state index contributed by atoms with van der Waals surface area (Å²) in [6.45, 7) is 2.67. The van der Waals surface area contributed by atoms with Crippen molar-refractivity contribution in [1.82, 2.24) is 20.4 Å². The smallest absolute Gasteiger partial charge is 0.206 e. The number of benzene rings is 2. The summed E-state index contributed by atoms with van der Waals surface area (Å²) in [4.78, 5) is 0. The number of nitrogens with two attached hydrogens (primary N) is 1. The summed E-state index contributed by atoms with van der Waals surface area (Å²) in [6.07, 6.45) is 0.832. The monoisotopic (exact) mass is 420 g/mol. The summed E-state index contributed by atoms with van der Waals surface area (Å²) < 4.78 is 1.31. The minimum atomic E-state index is 0.00489. The standard InChI is InChI=1S/C21H20N6S2/c1-12-17-9-13(6-7-18(17)25-24-12)20-26-27-21(29-20)23-10-15(22)8-14-11-28-19-5-3-2-4-16(14)19/h2-7,9,11,15H,8,10,22H2,1H3,(H,23,27)(H,24,25)/t15-/m1/s1. The van der Waals surface area contributed by atoms with E-state index in [1.54, 1.807) is 11.3 Å². The second-order valence-corrected chi connectivity index (χ2v) is 8.98. The van der Waals surface area contributed by atoms with Gasteiger partial charge in [0.05, 0.1) is 5.52 Å². The van der Waals surface area contributed by atoms with Crippen LogP contribution in [0.1, 0.15) is 11.3 Å². The Balaban J connectivity index is 1.25. The van der Waals surface area contributed by atoms with Crippen LogP contribution in [0.4, 0.5) is 5.13 Å². The molecule has 0 spiro atoms. The molecule has 1 atom stereocenters. The lowest BCUT2D eigenvalue weighted by Crippen LogP contribution is -2.31. The molecule has 0 aliphatic heterocycles. The normalized spacial score (nSPS) is 12.6. The van der Waals surface area contributed by atoms with Gasteiger partial charge >= 0.3 is 0 Å². The van der Waals surface area contributed by atoms with Crippen LogP contribution < -0.4 is 11.1 Å². The van der Waals surface area contributed by atoms with Gasteiger partial charge in [0, 0.05) is 33.9 Å². The van der Waals surface area contributed by atoms with Crippen LogP contribution in [0.25, 0.3) is 31.6 Å². The van der Waals surface area contributed by atoms with Crippen LogP contribution >= 0.6 is 22.7 Å². The molecule has 6 nitrogen and oxygen atoms in total. The van der Waals surface area contributed by atoms with E-state index in [-0.39, 0.29) is 6.04 Å². The highest BCUT2D eigenvalue weighted by atomic mass is 32.1. The fourth-order valence-corrected chi connectivity index (χ4v) is 5.17. The molecule has 0 aliphatic carbocycles. The number of aromatic amines is 1. The largest absolute Gasteiger partial charge is 0.359 e. The van der Waals surface area contributed by atoms with Crippen LogP contribution in [0.5, 0.6) is 0 Å². The molecule has 5 rings (SSSR count). The second kappa shape index (κ2) is 7.55. The number of H-pyrrole nitrogens is 1. The fourth-order valence-electron chi connectivity index (χ4n) is 3.45. The Bertz CT molecular complexity index is 1280. The third kappa shape index (κ3) is 3.62. The number of hydrogen-bond acceptors (Lipinski definition) is 7. The highest BCUT2D eigenvalue weighted by Gasteiger charge is 2.12. The minimum Gasteiger partial charge on any atom is -0.359 e. The number of hydrogen-bond donors (Lipinski definition) is 3. The molecule has 29 heavy (non-hydrogen) atoms. The molecule has 0 fully saturated rings. The first-order valence-corrected chi connectivity index (χ1v) is 11.1. The van der Waals surface area contributed by atoms with Crippen LogP contribution in [-0.2, 0) is 6.42 Å². The predicted octanol–water partition coefficient (Wildman–Crippen LogP) is 4.59. The van der Waals surface area contributed by atoms with E-state index < -0.39 is 0 Å². The summed E-state index contributed by atoms with van der Waals surface area (Å²) in [6, 6.07) is 14.6. The summed E-state index contributed by atoms with van der Waals surface area (Å²) in [7, 11) is 0. The molecule has 3 heterocycles.